The average molecular weight is 344 g/mol. The van der Waals surface area contributed by atoms with E-state index in [-0.39, 0.29) is 5.56 Å². The van der Waals surface area contributed by atoms with E-state index in [0.29, 0.717) is 21.6 Å². The smallest absolute Gasteiger partial charge is 0.336 e. The molecule has 0 radical (unpaired) electrons. The molecule has 2 aromatic carbocycles. The van der Waals surface area contributed by atoms with Crippen molar-refractivity contribution in [3.05, 3.63) is 58.6 Å². The van der Waals surface area contributed by atoms with Crippen molar-refractivity contribution in [3.8, 4) is 11.3 Å². The molecule has 3 aromatic rings. The van der Waals surface area contributed by atoms with Gasteiger partial charge in [-0.05, 0) is 49.1 Å². The zero-order valence-electron chi connectivity index (χ0n) is 12.6. The third kappa shape index (κ3) is 3.05. The SMILES string of the molecule is CSc1ccc(-c2cc(C(=O)O)c3cc(Cl)cc(C)c3n2)cc1. The lowest BCUT2D eigenvalue weighted by atomic mass is 10.0. The summed E-state index contributed by atoms with van der Waals surface area (Å²) in [4.78, 5) is 17.5. The number of benzene rings is 2. The van der Waals surface area contributed by atoms with Crippen molar-refractivity contribution < 1.29 is 9.90 Å². The first-order valence-corrected chi connectivity index (χ1v) is 8.58. The van der Waals surface area contributed by atoms with Crippen LogP contribution < -0.4 is 0 Å². The van der Waals surface area contributed by atoms with Gasteiger partial charge in [0, 0.05) is 20.9 Å². The maximum Gasteiger partial charge on any atom is 0.336 e. The van der Waals surface area contributed by atoms with Crippen LogP contribution in [0.4, 0.5) is 0 Å². The highest BCUT2D eigenvalue weighted by Gasteiger charge is 2.15. The molecule has 0 aliphatic carbocycles. The van der Waals surface area contributed by atoms with Crippen molar-refractivity contribution in [1.29, 1.82) is 0 Å². The number of pyridine rings is 1. The van der Waals surface area contributed by atoms with Crippen LogP contribution in [0.1, 0.15) is 15.9 Å². The number of halogens is 1. The van der Waals surface area contributed by atoms with Crippen LogP contribution in [0.15, 0.2) is 47.4 Å². The van der Waals surface area contributed by atoms with Crippen LogP contribution in [0.2, 0.25) is 5.02 Å². The molecule has 3 nitrogen and oxygen atoms in total. The molecule has 1 N–H and O–H groups in total. The molecule has 3 rings (SSSR count). The predicted octanol–water partition coefficient (Wildman–Crippen LogP) is 5.28. The number of thioether (sulfide) groups is 1. The number of aromatic nitrogens is 1. The van der Waals surface area contributed by atoms with Gasteiger partial charge in [-0.2, -0.15) is 0 Å². The Labute approximate surface area is 143 Å². The lowest BCUT2D eigenvalue weighted by molar-refractivity contribution is 0.0699. The van der Waals surface area contributed by atoms with E-state index in [4.69, 9.17) is 11.6 Å². The van der Waals surface area contributed by atoms with Crippen LogP contribution in [-0.4, -0.2) is 22.3 Å². The van der Waals surface area contributed by atoms with Crippen LogP contribution in [0, 0.1) is 6.92 Å². The van der Waals surface area contributed by atoms with Crippen molar-refractivity contribution in [2.24, 2.45) is 0 Å². The van der Waals surface area contributed by atoms with Crippen molar-refractivity contribution in [3.63, 3.8) is 0 Å². The van der Waals surface area contributed by atoms with Gasteiger partial charge in [0.15, 0.2) is 0 Å². The summed E-state index contributed by atoms with van der Waals surface area (Å²) in [6.07, 6.45) is 2.01. The van der Waals surface area contributed by atoms with E-state index < -0.39 is 5.97 Å². The molecule has 1 aromatic heterocycles. The number of aryl methyl sites for hydroxylation is 1. The molecule has 0 atom stereocenters. The Hall–Kier alpha value is -2.04. The monoisotopic (exact) mass is 343 g/mol. The van der Waals surface area contributed by atoms with Gasteiger partial charge in [-0.25, -0.2) is 9.78 Å². The minimum atomic E-state index is -0.985. The fourth-order valence-electron chi connectivity index (χ4n) is 2.54. The summed E-state index contributed by atoms with van der Waals surface area (Å²) in [7, 11) is 0. The third-order valence-corrected chi connectivity index (χ3v) is 4.65. The maximum absolute atomic E-state index is 11.6. The van der Waals surface area contributed by atoms with Gasteiger partial charge < -0.3 is 5.11 Å². The van der Waals surface area contributed by atoms with Crippen LogP contribution in [-0.2, 0) is 0 Å². The van der Waals surface area contributed by atoms with Gasteiger partial charge in [-0.1, -0.05) is 23.7 Å². The second kappa shape index (κ2) is 6.22. The predicted molar refractivity (Wildman–Crippen MR) is 95.7 cm³/mol. The number of carbonyl (C=O) groups is 1. The van der Waals surface area contributed by atoms with E-state index in [2.05, 4.69) is 4.98 Å². The number of fused-ring (bicyclic) bond motifs is 1. The highest BCUT2D eigenvalue weighted by molar-refractivity contribution is 7.98. The summed E-state index contributed by atoms with van der Waals surface area (Å²) in [5, 5.41) is 10.6. The van der Waals surface area contributed by atoms with E-state index in [1.165, 1.54) is 0 Å². The Bertz CT molecular complexity index is 907. The Morgan fingerprint density at radius 1 is 1.17 bits per heavy atom. The van der Waals surface area contributed by atoms with Crippen LogP contribution in [0.3, 0.4) is 0 Å². The van der Waals surface area contributed by atoms with E-state index >= 15 is 0 Å². The molecular formula is C18H14ClNO2S. The highest BCUT2D eigenvalue weighted by Crippen LogP contribution is 2.30. The number of aromatic carboxylic acids is 1. The summed E-state index contributed by atoms with van der Waals surface area (Å²) < 4.78 is 0. The first-order valence-electron chi connectivity index (χ1n) is 6.98. The van der Waals surface area contributed by atoms with Crippen LogP contribution in [0.25, 0.3) is 22.2 Å². The highest BCUT2D eigenvalue weighted by atomic mass is 35.5. The fraction of sp³-hybridized carbons (Fsp3) is 0.111. The van der Waals surface area contributed by atoms with Crippen LogP contribution in [0.5, 0.6) is 0 Å². The van der Waals surface area contributed by atoms with Gasteiger partial charge in [0.05, 0.1) is 16.8 Å². The van der Waals surface area contributed by atoms with Crippen molar-refractivity contribution >= 4 is 40.2 Å². The molecule has 0 fully saturated rings. The molecule has 0 aliphatic heterocycles. The van der Waals surface area contributed by atoms with Gasteiger partial charge in [0.2, 0.25) is 0 Å². The topological polar surface area (TPSA) is 50.2 Å². The van der Waals surface area contributed by atoms with Crippen molar-refractivity contribution in [2.45, 2.75) is 11.8 Å². The molecule has 116 valence electrons. The summed E-state index contributed by atoms with van der Waals surface area (Å²) in [5.41, 5.74) is 3.27. The summed E-state index contributed by atoms with van der Waals surface area (Å²) >= 11 is 7.73. The Kier molecular flexibility index (Phi) is 4.28. The number of carboxylic acid groups (broad SMARTS) is 1. The van der Waals surface area contributed by atoms with Crippen LogP contribution >= 0.6 is 23.4 Å². The van der Waals surface area contributed by atoms with Gasteiger partial charge in [-0.3, -0.25) is 0 Å². The Morgan fingerprint density at radius 2 is 1.87 bits per heavy atom. The standard InChI is InChI=1S/C18H14ClNO2S/c1-10-7-12(19)8-14-15(18(21)22)9-16(20-17(10)14)11-3-5-13(23-2)6-4-11/h3-9H,1-2H3,(H,21,22). The minimum Gasteiger partial charge on any atom is -0.478 e. The normalized spacial score (nSPS) is 10.9. The lowest BCUT2D eigenvalue weighted by Gasteiger charge is -2.10. The molecule has 0 bridgehead atoms. The summed E-state index contributed by atoms with van der Waals surface area (Å²) in [5.74, 6) is -0.985. The minimum absolute atomic E-state index is 0.213. The molecule has 0 saturated carbocycles. The van der Waals surface area contributed by atoms with Gasteiger partial charge in [-0.15, -0.1) is 11.8 Å². The molecule has 0 aliphatic rings. The zero-order chi connectivity index (χ0) is 16.6. The molecule has 1 heterocycles. The van der Waals surface area contributed by atoms with E-state index in [1.807, 2.05) is 37.4 Å². The molecule has 0 unspecified atom stereocenters. The summed E-state index contributed by atoms with van der Waals surface area (Å²) in [6, 6.07) is 13.0. The first-order chi connectivity index (χ1) is 11.0. The lowest BCUT2D eigenvalue weighted by Crippen LogP contribution is -2.01. The average Bonchev–Trinajstić information content (AvgIpc) is 2.54. The Balaban J connectivity index is 2.27. The van der Waals surface area contributed by atoms with E-state index in [9.17, 15) is 9.90 Å². The molecule has 0 amide bonds. The van der Waals surface area contributed by atoms with E-state index in [0.717, 1.165) is 16.0 Å². The fourth-order valence-corrected chi connectivity index (χ4v) is 3.22. The number of rotatable bonds is 3. The largest absolute Gasteiger partial charge is 0.478 e. The summed E-state index contributed by atoms with van der Waals surface area (Å²) in [6.45, 7) is 1.88. The third-order valence-electron chi connectivity index (χ3n) is 3.68. The molecule has 5 heteroatoms. The number of carboxylic acids is 1. The van der Waals surface area contributed by atoms with Gasteiger partial charge >= 0.3 is 5.97 Å². The van der Waals surface area contributed by atoms with E-state index in [1.54, 1.807) is 30.0 Å². The van der Waals surface area contributed by atoms with Crippen molar-refractivity contribution in [2.75, 3.05) is 6.26 Å². The molecular weight excluding hydrogens is 330 g/mol. The van der Waals surface area contributed by atoms with Crippen molar-refractivity contribution in [1.82, 2.24) is 4.98 Å². The number of nitrogens with zero attached hydrogens (tertiary/aromatic N) is 1. The maximum atomic E-state index is 11.6. The molecule has 23 heavy (non-hydrogen) atoms. The van der Waals surface area contributed by atoms with Gasteiger partial charge in [0.25, 0.3) is 0 Å². The number of hydrogen-bond donors (Lipinski definition) is 1. The zero-order valence-corrected chi connectivity index (χ0v) is 14.2. The second-order valence-electron chi connectivity index (χ2n) is 5.21. The Morgan fingerprint density at radius 3 is 2.48 bits per heavy atom. The quantitative estimate of drug-likeness (QED) is 0.657. The second-order valence-corrected chi connectivity index (χ2v) is 6.52. The first kappa shape index (κ1) is 15.8. The number of hydrogen-bond acceptors (Lipinski definition) is 3. The molecule has 0 saturated heterocycles. The van der Waals surface area contributed by atoms with Gasteiger partial charge in [0.1, 0.15) is 0 Å². The molecule has 0 spiro atoms.